The molecule has 0 spiro atoms. The third-order valence-electron chi connectivity index (χ3n) is 1.89. The molecular weight excluding hydrogens is 209 g/mol. The number of esters is 2. The quantitative estimate of drug-likeness (QED) is 0.300. The van der Waals surface area contributed by atoms with Crippen LogP contribution in [-0.4, -0.2) is 16.9 Å². The van der Waals surface area contributed by atoms with E-state index in [0.717, 1.165) is 6.07 Å². The first-order chi connectivity index (χ1) is 7.00. The van der Waals surface area contributed by atoms with Gasteiger partial charge in [-0.05, 0) is 6.07 Å². The van der Waals surface area contributed by atoms with E-state index in [4.69, 9.17) is 0 Å². The zero-order chi connectivity index (χ0) is 11.2. The van der Waals surface area contributed by atoms with Crippen molar-refractivity contribution >= 4 is 17.6 Å². The molecule has 1 aliphatic heterocycles. The van der Waals surface area contributed by atoms with Crippen LogP contribution in [0.25, 0.3) is 0 Å². The van der Waals surface area contributed by atoms with Crippen LogP contribution < -0.4 is 0 Å². The van der Waals surface area contributed by atoms with E-state index in [2.05, 4.69) is 4.74 Å². The summed E-state index contributed by atoms with van der Waals surface area (Å²) >= 11 is 0. The fourth-order valence-electron chi connectivity index (χ4n) is 1.30. The van der Waals surface area contributed by atoms with Crippen LogP contribution in [0.2, 0.25) is 0 Å². The van der Waals surface area contributed by atoms with Gasteiger partial charge in [0.2, 0.25) is 0 Å². The molecule has 2 rings (SSSR count). The van der Waals surface area contributed by atoms with Gasteiger partial charge in [0, 0.05) is 0 Å². The van der Waals surface area contributed by atoms with Crippen molar-refractivity contribution < 1.29 is 23.6 Å². The van der Waals surface area contributed by atoms with E-state index >= 15 is 0 Å². The van der Waals surface area contributed by atoms with Crippen LogP contribution in [0.1, 0.15) is 20.7 Å². The standard InChI is InChI=1S/C8H2FNO5/c9-3-1-4-6(5(2-3)10(13)14)8(12)15-7(4)11/h1-2H. The number of nitrogens with zero attached hydrogens (tertiary/aromatic N) is 1. The van der Waals surface area contributed by atoms with Gasteiger partial charge in [-0.2, -0.15) is 0 Å². The summed E-state index contributed by atoms with van der Waals surface area (Å²) in [5.41, 5.74) is -1.67. The maximum absolute atomic E-state index is 12.9. The van der Waals surface area contributed by atoms with Crippen LogP contribution in [0.3, 0.4) is 0 Å². The number of nitro groups is 1. The monoisotopic (exact) mass is 211 g/mol. The minimum atomic E-state index is -1.12. The molecule has 0 radical (unpaired) electrons. The Morgan fingerprint density at radius 1 is 1.27 bits per heavy atom. The van der Waals surface area contributed by atoms with Gasteiger partial charge in [0.1, 0.15) is 5.82 Å². The maximum atomic E-state index is 12.9. The number of hydrogen-bond acceptors (Lipinski definition) is 5. The Labute approximate surface area is 81.4 Å². The zero-order valence-corrected chi connectivity index (χ0v) is 7.02. The molecule has 0 saturated carbocycles. The molecule has 0 N–H and O–H groups in total. The highest BCUT2D eigenvalue weighted by molar-refractivity contribution is 6.16. The molecular formula is C8H2FNO5. The summed E-state index contributed by atoms with van der Waals surface area (Å²) < 4.78 is 17.0. The summed E-state index contributed by atoms with van der Waals surface area (Å²) in [5, 5.41) is 10.5. The lowest BCUT2D eigenvalue weighted by atomic mass is 10.1. The predicted octanol–water partition coefficient (Wildman–Crippen LogP) is 1.04. The largest absolute Gasteiger partial charge is 0.385 e. The van der Waals surface area contributed by atoms with Crippen molar-refractivity contribution in [3.63, 3.8) is 0 Å². The number of carbonyl (C=O) groups is 2. The second-order valence-electron chi connectivity index (χ2n) is 2.78. The maximum Gasteiger partial charge on any atom is 0.353 e. The topological polar surface area (TPSA) is 86.5 Å². The molecule has 0 aliphatic carbocycles. The second-order valence-corrected chi connectivity index (χ2v) is 2.78. The number of cyclic esters (lactones) is 2. The molecule has 0 fully saturated rings. The van der Waals surface area contributed by atoms with E-state index in [0.29, 0.717) is 6.07 Å². The molecule has 0 bridgehead atoms. The van der Waals surface area contributed by atoms with E-state index in [-0.39, 0.29) is 0 Å². The van der Waals surface area contributed by atoms with Crippen LogP contribution in [0.5, 0.6) is 0 Å². The van der Waals surface area contributed by atoms with Gasteiger partial charge >= 0.3 is 11.9 Å². The number of hydrogen-bond donors (Lipinski definition) is 0. The lowest BCUT2D eigenvalue weighted by molar-refractivity contribution is -0.385. The van der Waals surface area contributed by atoms with E-state index in [1.165, 1.54) is 0 Å². The van der Waals surface area contributed by atoms with Crippen LogP contribution in [-0.2, 0) is 4.74 Å². The highest BCUT2D eigenvalue weighted by atomic mass is 19.1. The summed E-state index contributed by atoms with van der Waals surface area (Å²) in [6.45, 7) is 0. The van der Waals surface area contributed by atoms with E-state index in [9.17, 15) is 24.1 Å². The molecule has 1 aromatic carbocycles. The van der Waals surface area contributed by atoms with Gasteiger partial charge in [0.25, 0.3) is 5.69 Å². The van der Waals surface area contributed by atoms with Crippen molar-refractivity contribution in [2.75, 3.05) is 0 Å². The highest BCUT2D eigenvalue weighted by Gasteiger charge is 2.37. The van der Waals surface area contributed by atoms with Crippen LogP contribution in [0, 0.1) is 15.9 Å². The number of carbonyl (C=O) groups excluding carboxylic acids is 2. The number of ether oxygens (including phenoxy) is 1. The van der Waals surface area contributed by atoms with Gasteiger partial charge in [-0.1, -0.05) is 0 Å². The number of halogens is 1. The molecule has 7 heteroatoms. The molecule has 76 valence electrons. The molecule has 0 atom stereocenters. The molecule has 1 aromatic rings. The summed E-state index contributed by atoms with van der Waals surface area (Å²) in [6, 6.07) is 1.30. The number of rotatable bonds is 1. The van der Waals surface area contributed by atoms with Gasteiger partial charge in [0.15, 0.2) is 5.56 Å². The van der Waals surface area contributed by atoms with E-state index in [1.54, 1.807) is 0 Å². The molecule has 0 saturated heterocycles. The zero-order valence-electron chi connectivity index (χ0n) is 7.02. The van der Waals surface area contributed by atoms with Crippen molar-refractivity contribution in [1.29, 1.82) is 0 Å². The Morgan fingerprint density at radius 2 is 1.93 bits per heavy atom. The van der Waals surface area contributed by atoms with Crippen molar-refractivity contribution in [3.05, 3.63) is 39.2 Å². The van der Waals surface area contributed by atoms with E-state index in [1.807, 2.05) is 0 Å². The first kappa shape index (κ1) is 9.25. The number of fused-ring (bicyclic) bond motifs is 1. The fourth-order valence-corrected chi connectivity index (χ4v) is 1.30. The summed E-state index contributed by atoms with van der Waals surface area (Å²) in [7, 11) is 0. The Morgan fingerprint density at radius 3 is 2.53 bits per heavy atom. The van der Waals surface area contributed by atoms with Crippen molar-refractivity contribution in [3.8, 4) is 0 Å². The number of nitro benzene ring substituents is 1. The predicted molar refractivity (Wildman–Crippen MR) is 42.8 cm³/mol. The lowest BCUT2D eigenvalue weighted by Crippen LogP contribution is -2.01. The second kappa shape index (κ2) is 2.84. The minimum absolute atomic E-state index is 0.410. The molecule has 15 heavy (non-hydrogen) atoms. The molecule has 0 aromatic heterocycles. The molecule has 0 unspecified atom stereocenters. The van der Waals surface area contributed by atoms with Gasteiger partial charge in [0.05, 0.1) is 16.6 Å². The summed E-state index contributed by atoms with van der Waals surface area (Å²) in [5.74, 6) is -3.16. The van der Waals surface area contributed by atoms with E-state index < -0.39 is 39.5 Å². The third kappa shape index (κ3) is 1.25. The Hall–Kier alpha value is -2.31. The molecule has 0 amide bonds. The summed E-state index contributed by atoms with van der Waals surface area (Å²) in [6.07, 6.45) is 0. The van der Waals surface area contributed by atoms with Gasteiger partial charge < -0.3 is 4.74 Å². The first-order valence-corrected chi connectivity index (χ1v) is 3.75. The van der Waals surface area contributed by atoms with Gasteiger partial charge in [-0.15, -0.1) is 0 Å². The number of benzene rings is 1. The highest BCUT2D eigenvalue weighted by Crippen LogP contribution is 2.29. The Balaban J connectivity index is 2.79. The average molecular weight is 211 g/mol. The molecule has 1 heterocycles. The SMILES string of the molecule is O=C1OC(=O)c2c1cc(F)cc2[N+](=O)[O-]. The minimum Gasteiger partial charge on any atom is -0.385 e. The smallest absolute Gasteiger partial charge is 0.353 e. The summed E-state index contributed by atoms with van der Waals surface area (Å²) in [4.78, 5) is 31.6. The van der Waals surface area contributed by atoms with Crippen molar-refractivity contribution in [1.82, 2.24) is 0 Å². The van der Waals surface area contributed by atoms with Crippen LogP contribution in [0.4, 0.5) is 10.1 Å². The van der Waals surface area contributed by atoms with Crippen LogP contribution in [0.15, 0.2) is 12.1 Å². The van der Waals surface area contributed by atoms with Gasteiger partial charge in [-0.3, -0.25) is 10.1 Å². The molecule has 1 aliphatic rings. The van der Waals surface area contributed by atoms with Crippen LogP contribution >= 0.6 is 0 Å². The Kier molecular flexibility index (Phi) is 1.75. The average Bonchev–Trinajstić information content (AvgIpc) is 2.41. The molecule has 6 nitrogen and oxygen atoms in total. The normalized spacial score (nSPS) is 13.7. The third-order valence-corrected chi connectivity index (χ3v) is 1.89. The lowest BCUT2D eigenvalue weighted by Gasteiger charge is -1.95. The van der Waals surface area contributed by atoms with Gasteiger partial charge in [-0.25, -0.2) is 14.0 Å². The Bertz CT molecular complexity index is 510. The van der Waals surface area contributed by atoms with Crippen molar-refractivity contribution in [2.45, 2.75) is 0 Å². The first-order valence-electron chi connectivity index (χ1n) is 3.75. The fraction of sp³-hybridized carbons (Fsp3) is 0. The van der Waals surface area contributed by atoms with Crippen molar-refractivity contribution in [2.24, 2.45) is 0 Å².